The molecule has 2 aromatic rings. The number of esters is 1. The summed E-state index contributed by atoms with van der Waals surface area (Å²) in [4.78, 5) is 48.9. The summed E-state index contributed by atoms with van der Waals surface area (Å²) in [6.45, 7) is 0. The number of ether oxygens (including phenoxy) is 1. The molecule has 1 heterocycles. The van der Waals surface area contributed by atoms with Gasteiger partial charge < -0.3 is 15.4 Å². The first kappa shape index (κ1) is 17.1. The highest BCUT2D eigenvalue weighted by atomic mass is 16.6. The molecule has 0 bridgehead atoms. The number of non-ortho nitro benzene ring substituents is 1. The zero-order valence-electron chi connectivity index (χ0n) is 13.5. The van der Waals surface area contributed by atoms with Gasteiger partial charge in [-0.3, -0.25) is 19.7 Å². The molecule has 1 unspecified atom stereocenters. The highest BCUT2D eigenvalue weighted by Gasteiger charge is 2.59. The van der Waals surface area contributed by atoms with E-state index in [0.29, 0.717) is 0 Å². The van der Waals surface area contributed by atoms with Crippen LogP contribution in [0.5, 0.6) is 0 Å². The number of benzene rings is 2. The fourth-order valence-electron chi connectivity index (χ4n) is 2.83. The highest BCUT2D eigenvalue weighted by Crippen LogP contribution is 2.44. The Labute approximate surface area is 147 Å². The van der Waals surface area contributed by atoms with Gasteiger partial charge >= 0.3 is 5.97 Å². The third kappa shape index (κ3) is 2.37. The van der Waals surface area contributed by atoms with Gasteiger partial charge in [0.15, 0.2) is 0 Å². The van der Waals surface area contributed by atoms with Crippen LogP contribution in [-0.4, -0.2) is 29.8 Å². The van der Waals surface area contributed by atoms with E-state index in [1.807, 2.05) is 0 Å². The second-order valence-corrected chi connectivity index (χ2v) is 5.62. The maximum atomic E-state index is 12.8. The van der Waals surface area contributed by atoms with E-state index in [4.69, 9.17) is 10.5 Å². The van der Waals surface area contributed by atoms with Gasteiger partial charge in [0.1, 0.15) is 0 Å². The molecule has 3 rings (SSSR count). The van der Waals surface area contributed by atoms with Gasteiger partial charge in [-0.2, -0.15) is 0 Å². The van der Waals surface area contributed by atoms with E-state index in [2.05, 4.69) is 0 Å². The van der Waals surface area contributed by atoms with Crippen molar-refractivity contribution in [3.8, 4) is 0 Å². The van der Waals surface area contributed by atoms with E-state index < -0.39 is 28.3 Å². The number of hydrogen-bond acceptors (Lipinski definition) is 6. The van der Waals surface area contributed by atoms with Crippen LogP contribution >= 0.6 is 0 Å². The van der Waals surface area contributed by atoms with Crippen molar-refractivity contribution in [1.29, 1.82) is 0 Å². The summed E-state index contributed by atoms with van der Waals surface area (Å²) in [7, 11) is 1.36. The molecular weight excluding hydrogens is 342 g/mol. The predicted octanol–water partition coefficient (Wildman–Crippen LogP) is 1.11. The molecule has 2 amide bonds. The number of amides is 2. The molecule has 1 aliphatic rings. The molecule has 9 heteroatoms. The van der Waals surface area contributed by atoms with Crippen molar-refractivity contribution in [1.82, 2.24) is 0 Å². The van der Waals surface area contributed by atoms with Gasteiger partial charge in [0.25, 0.3) is 23.1 Å². The van der Waals surface area contributed by atoms with Crippen LogP contribution in [0.25, 0.3) is 0 Å². The van der Waals surface area contributed by atoms with E-state index in [9.17, 15) is 24.5 Å². The summed E-state index contributed by atoms with van der Waals surface area (Å²) >= 11 is 0. The number of carbonyl (C=O) groups is 3. The minimum Gasteiger partial charge on any atom is -0.430 e. The number of anilines is 1. The Morgan fingerprint density at radius 2 is 1.85 bits per heavy atom. The molecule has 1 atom stereocenters. The molecule has 132 valence electrons. The first-order valence-corrected chi connectivity index (χ1v) is 7.44. The monoisotopic (exact) mass is 355 g/mol. The number of nitrogens with zero attached hydrogens (tertiary/aromatic N) is 2. The maximum absolute atomic E-state index is 12.8. The molecule has 0 saturated heterocycles. The lowest BCUT2D eigenvalue weighted by atomic mass is 9.93. The van der Waals surface area contributed by atoms with Crippen LogP contribution in [0, 0.1) is 10.1 Å². The number of carbonyl (C=O) groups excluding carboxylic acids is 3. The summed E-state index contributed by atoms with van der Waals surface area (Å²) in [6, 6.07) is 11.2. The Hall–Kier alpha value is -3.75. The van der Waals surface area contributed by atoms with Crippen molar-refractivity contribution in [2.75, 3.05) is 11.9 Å². The van der Waals surface area contributed by atoms with Crippen molar-refractivity contribution >= 4 is 29.2 Å². The smallest absolute Gasteiger partial charge is 0.340 e. The lowest BCUT2D eigenvalue weighted by Crippen LogP contribution is -2.52. The Morgan fingerprint density at radius 1 is 1.19 bits per heavy atom. The highest BCUT2D eigenvalue weighted by molar-refractivity contribution is 6.21. The van der Waals surface area contributed by atoms with E-state index in [1.165, 1.54) is 31.3 Å². The van der Waals surface area contributed by atoms with Gasteiger partial charge in [-0.05, 0) is 18.2 Å². The number of rotatable bonds is 4. The van der Waals surface area contributed by atoms with Gasteiger partial charge in [-0.25, -0.2) is 4.79 Å². The normalized spacial score (nSPS) is 18.3. The van der Waals surface area contributed by atoms with Crippen LogP contribution in [0.1, 0.15) is 15.9 Å². The summed E-state index contributed by atoms with van der Waals surface area (Å²) in [5.41, 5.74) is 2.73. The zero-order chi connectivity index (χ0) is 19.1. The van der Waals surface area contributed by atoms with Gasteiger partial charge in [-0.1, -0.05) is 18.2 Å². The predicted molar refractivity (Wildman–Crippen MR) is 89.2 cm³/mol. The van der Waals surface area contributed by atoms with E-state index in [0.717, 1.165) is 11.0 Å². The van der Waals surface area contributed by atoms with Gasteiger partial charge in [0.2, 0.25) is 0 Å². The summed E-state index contributed by atoms with van der Waals surface area (Å²) in [5, 5.41) is 11.1. The molecule has 0 saturated carbocycles. The van der Waals surface area contributed by atoms with E-state index in [1.54, 1.807) is 18.2 Å². The maximum Gasteiger partial charge on any atom is 0.340 e. The molecule has 0 spiro atoms. The zero-order valence-corrected chi connectivity index (χ0v) is 13.5. The number of likely N-dealkylation sites (N-methyl/N-ethyl adjacent to an activating group) is 1. The molecule has 2 N–H and O–H groups in total. The minimum absolute atomic E-state index is 0.0995. The van der Waals surface area contributed by atoms with Crippen LogP contribution in [0.15, 0.2) is 48.5 Å². The second-order valence-electron chi connectivity index (χ2n) is 5.62. The third-order valence-electron chi connectivity index (χ3n) is 4.14. The fraction of sp³-hybridized carbons (Fsp3) is 0.118. The average molecular weight is 355 g/mol. The molecule has 2 aromatic carbocycles. The Morgan fingerprint density at radius 3 is 2.42 bits per heavy atom. The fourth-order valence-corrected chi connectivity index (χ4v) is 2.83. The number of fused-ring (bicyclic) bond motifs is 1. The van der Waals surface area contributed by atoms with E-state index in [-0.39, 0.29) is 22.5 Å². The van der Waals surface area contributed by atoms with Crippen LogP contribution in [0.4, 0.5) is 11.4 Å². The van der Waals surface area contributed by atoms with Crippen LogP contribution in [-0.2, 0) is 19.9 Å². The summed E-state index contributed by atoms with van der Waals surface area (Å²) in [6.07, 6.45) is 0. The Balaban J connectivity index is 2.16. The Bertz CT molecular complexity index is 943. The second kappa shape index (κ2) is 5.96. The van der Waals surface area contributed by atoms with Crippen molar-refractivity contribution in [3.63, 3.8) is 0 Å². The lowest BCUT2D eigenvalue weighted by molar-refractivity contribution is -0.385. The summed E-state index contributed by atoms with van der Waals surface area (Å²) in [5.74, 6) is -3.09. The molecule has 0 radical (unpaired) electrons. The number of hydrogen-bond donors (Lipinski definition) is 1. The van der Waals surface area contributed by atoms with Gasteiger partial charge in [0.05, 0.1) is 16.2 Å². The summed E-state index contributed by atoms with van der Waals surface area (Å²) < 4.78 is 5.26. The SMILES string of the molecule is CN1C(=O)C(OC(=O)c2ccccc2)(C(N)=O)c2cc([N+](=O)[O-])ccc21. The first-order valence-electron chi connectivity index (χ1n) is 7.44. The third-order valence-corrected chi connectivity index (χ3v) is 4.14. The standard InChI is InChI=1S/C17H13N3O6/c1-19-13-8-7-11(20(24)25)9-12(13)17(15(18)22,16(19)23)26-14(21)10-5-3-2-4-6-10/h2-9H,1H3,(H2,18,22). The van der Waals surface area contributed by atoms with Gasteiger partial charge in [0, 0.05) is 24.7 Å². The molecular formula is C17H13N3O6. The minimum atomic E-state index is -2.47. The van der Waals surface area contributed by atoms with Crippen molar-refractivity contribution in [2.24, 2.45) is 5.73 Å². The molecule has 0 aromatic heterocycles. The molecule has 1 aliphatic heterocycles. The Kier molecular flexibility index (Phi) is 3.91. The van der Waals surface area contributed by atoms with Crippen molar-refractivity contribution in [2.45, 2.75) is 5.60 Å². The first-order chi connectivity index (χ1) is 12.3. The van der Waals surface area contributed by atoms with Crippen LogP contribution in [0.3, 0.4) is 0 Å². The quantitative estimate of drug-likeness (QED) is 0.378. The molecule has 0 aliphatic carbocycles. The van der Waals surface area contributed by atoms with Gasteiger partial charge in [-0.15, -0.1) is 0 Å². The van der Waals surface area contributed by atoms with Crippen LogP contribution in [0.2, 0.25) is 0 Å². The number of primary amides is 1. The molecule has 9 nitrogen and oxygen atoms in total. The molecule has 26 heavy (non-hydrogen) atoms. The average Bonchev–Trinajstić information content (AvgIpc) is 2.84. The lowest BCUT2D eigenvalue weighted by Gasteiger charge is -2.24. The largest absolute Gasteiger partial charge is 0.430 e. The van der Waals surface area contributed by atoms with Crippen molar-refractivity contribution < 1.29 is 24.0 Å². The number of nitro benzene ring substituents is 1. The topological polar surface area (TPSA) is 133 Å². The van der Waals surface area contributed by atoms with Crippen molar-refractivity contribution in [3.05, 3.63) is 69.8 Å². The van der Waals surface area contributed by atoms with E-state index >= 15 is 0 Å². The molecule has 0 fully saturated rings. The number of nitrogens with two attached hydrogens (primary N) is 1. The number of nitro groups is 1. The van der Waals surface area contributed by atoms with Crippen LogP contribution < -0.4 is 10.6 Å².